The third kappa shape index (κ3) is 2.39. The van der Waals surface area contributed by atoms with Gasteiger partial charge in [0.25, 0.3) is 0 Å². The van der Waals surface area contributed by atoms with Crippen molar-refractivity contribution in [3.8, 4) is 0 Å². The van der Waals surface area contributed by atoms with E-state index in [4.69, 9.17) is 0 Å². The van der Waals surface area contributed by atoms with Crippen molar-refractivity contribution in [3.63, 3.8) is 0 Å². The van der Waals surface area contributed by atoms with Crippen LogP contribution in [0.5, 0.6) is 0 Å². The third-order valence-corrected chi connectivity index (χ3v) is 5.15. The summed E-state index contributed by atoms with van der Waals surface area (Å²) in [7, 11) is 0. The van der Waals surface area contributed by atoms with Crippen LogP contribution in [0, 0.1) is 0 Å². The van der Waals surface area contributed by atoms with Crippen LogP contribution in [0.4, 0.5) is 13.2 Å². The topological polar surface area (TPSA) is 31.9 Å². The summed E-state index contributed by atoms with van der Waals surface area (Å²) in [5.41, 5.74) is 3.14. The summed E-state index contributed by atoms with van der Waals surface area (Å²) in [6.45, 7) is -0.763. The maximum Gasteiger partial charge on any atom is 0.401 e. The van der Waals surface area contributed by atoms with Gasteiger partial charge in [-0.25, -0.2) is 0 Å². The van der Waals surface area contributed by atoms with Crippen molar-refractivity contribution >= 4 is 11.0 Å². The molecule has 2 unspecified atom stereocenters. The van der Waals surface area contributed by atoms with Gasteiger partial charge in [-0.1, -0.05) is 0 Å². The first kappa shape index (κ1) is 14.1. The number of H-pyrrole nitrogens is 1. The minimum Gasteiger partial charge on any atom is -0.360 e. The normalized spacial score (nSPS) is 29.3. The summed E-state index contributed by atoms with van der Waals surface area (Å²) in [4.78, 5) is 9.35. The van der Waals surface area contributed by atoms with Gasteiger partial charge in [0.15, 0.2) is 0 Å². The molecule has 2 aliphatic heterocycles. The van der Waals surface area contributed by atoms with E-state index in [-0.39, 0.29) is 12.1 Å². The molecule has 0 aliphatic carbocycles. The van der Waals surface area contributed by atoms with Crippen molar-refractivity contribution in [2.24, 2.45) is 0 Å². The van der Waals surface area contributed by atoms with Crippen molar-refractivity contribution in [1.82, 2.24) is 14.9 Å². The predicted octanol–water partition coefficient (Wildman–Crippen LogP) is 3.84. The summed E-state index contributed by atoms with van der Waals surface area (Å²) in [6, 6.07) is 3.98. The van der Waals surface area contributed by atoms with E-state index in [2.05, 4.69) is 9.97 Å². The van der Waals surface area contributed by atoms with Gasteiger partial charge in [0.2, 0.25) is 0 Å². The van der Waals surface area contributed by atoms with Gasteiger partial charge in [0.1, 0.15) is 0 Å². The summed E-state index contributed by atoms with van der Waals surface area (Å²) >= 11 is 0. The highest BCUT2D eigenvalue weighted by molar-refractivity contribution is 5.79. The molecule has 1 N–H and O–H groups in total. The molecule has 0 amide bonds. The molecular weight excluding hydrogens is 291 g/mol. The van der Waals surface area contributed by atoms with Crippen molar-refractivity contribution in [1.29, 1.82) is 0 Å². The lowest BCUT2D eigenvalue weighted by Gasteiger charge is -2.39. The Balaban J connectivity index is 1.58. The molecule has 4 rings (SSSR count). The number of pyridine rings is 1. The molecule has 4 heterocycles. The Morgan fingerprint density at radius 3 is 2.64 bits per heavy atom. The predicted molar refractivity (Wildman–Crippen MR) is 77.6 cm³/mol. The third-order valence-electron chi connectivity index (χ3n) is 5.15. The smallest absolute Gasteiger partial charge is 0.360 e. The van der Waals surface area contributed by atoms with E-state index in [0.29, 0.717) is 5.92 Å². The van der Waals surface area contributed by atoms with Crippen molar-refractivity contribution in [2.45, 2.75) is 49.9 Å². The number of rotatable bonds is 2. The Morgan fingerprint density at radius 1 is 1.23 bits per heavy atom. The Hall–Kier alpha value is -1.56. The molecule has 2 bridgehead atoms. The van der Waals surface area contributed by atoms with Crippen LogP contribution < -0.4 is 0 Å². The zero-order chi connectivity index (χ0) is 15.3. The molecular formula is C16H18F3N3. The van der Waals surface area contributed by atoms with E-state index in [1.54, 1.807) is 11.1 Å². The Labute approximate surface area is 126 Å². The van der Waals surface area contributed by atoms with E-state index in [9.17, 15) is 13.2 Å². The Bertz CT molecular complexity index is 665. The number of nitrogens with one attached hydrogen (secondary N) is 1. The molecule has 2 aromatic rings. The Kier molecular flexibility index (Phi) is 3.18. The molecule has 3 nitrogen and oxygen atoms in total. The Morgan fingerprint density at radius 2 is 1.95 bits per heavy atom. The largest absolute Gasteiger partial charge is 0.401 e. The van der Waals surface area contributed by atoms with E-state index in [1.807, 2.05) is 18.3 Å². The van der Waals surface area contributed by atoms with Crippen molar-refractivity contribution in [3.05, 3.63) is 30.1 Å². The van der Waals surface area contributed by atoms with Crippen LogP contribution in [-0.2, 0) is 0 Å². The average Bonchev–Trinajstić information content (AvgIpc) is 2.96. The van der Waals surface area contributed by atoms with E-state index >= 15 is 0 Å². The number of aromatic nitrogens is 2. The summed E-state index contributed by atoms with van der Waals surface area (Å²) in [5, 5.41) is 0. The molecule has 0 saturated carbocycles. The molecule has 6 heteroatoms. The summed E-state index contributed by atoms with van der Waals surface area (Å²) in [6.07, 6.45) is 3.02. The van der Waals surface area contributed by atoms with Gasteiger partial charge in [0, 0.05) is 24.5 Å². The van der Waals surface area contributed by atoms with Gasteiger partial charge < -0.3 is 4.98 Å². The molecule has 2 aromatic heterocycles. The second-order valence-electron chi connectivity index (χ2n) is 6.48. The SMILES string of the molecule is FC(F)(F)CN1C2CCC1CC(c1c[nH]c3cccnc13)C2. The van der Waals surface area contributed by atoms with Gasteiger partial charge in [-0.15, -0.1) is 0 Å². The van der Waals surface area contributed by atoms with Crippen LogP contribution in [0.15, 0.2) is 24.5 Å². The van der Waals surface area contributed by atoms with E-state index < -0.39 is 12.7 Å². The maximum atomic E-state index is 12.7. The molecule has 118 valence electrons. The molecule has 2 atom stereocenters. The van der Waals surface area contributed by atoms with Crippen LogP contribution in [0.1, 0.15) is 37.2 Å². The molecule has 2 fully saturated rings. The lowest BCUT2D eigenvalue weighted by Crippen LogP contribution is -2.46. The molecule has 2 saturated heterocycles. The van der Waals surface area contributed by atoms with Crippen molar-refractivity contribution < 1.29 is 13.2 Å². The zero-order valence-electron chi connectivity index (χ0n) is 12.1. The fourth-order valence-corrected chi connectivity index (χ4v) is 4.28. The second kappa shape index (κ2) is 4.98. The number of aromatic amines is 1. The number of piperidine rings is 1. The number of nitrogens with zero attached hydrogens (tertiary/aromatic N) is 2. The highest BCUT2D eigenvalue weighted by Gasteiger charge is 2.45. The molecule has 2 aliphatic rings. The number of hydrogen-bond donors (Lipinski definition) is 1. The van der Waals surface area contributed by atoms with E-state index in [1.165, 1.54) is 5.56 Å². The van der Waals surface area contributed by atoms with Crippen LogP contribution in [0.25, 0.3) is 11.0 Å². The minimum atomic E-state index is -4.10. The lowest BCUT2D eigenvalue weighted by atomic mass is 9.85. The first-order valence-electron chi connectivity index (χ1n) is 7.76. The summed E-state index contributed by atoms with van der Waals surface area (Å²) < 4.78 is 38.2. The molecule has 0 radical (unpaired) electrons. The van der Waals surface area contributed by atoms with Crippen LogP contribution in [-0.4, -0.2) is 39.7 Å². The summed E-state index contributed by atoms with van der Waals surface area (Å²) in [5.74, 6) is 0.311. The van der Waals surface area contributed by atoms with Crippen LogP contribution in [0.2, 0.25) is 0 Å². The monoisotopic (exact) mass is 309 g/mol. The minimum absolute atomic E-state index is 0.0547. The number of fused-ring (bicyclic) bond motifs is 3. The van der Waals surface area contributed by atoms with Gasteiger partial charge in [-0.05, 0) is 49.3 Å². The van der Waals surface area contributed by atoms with Gasteiger partial charge in [-0.2, -0.15) is 13.2 Å². The number of alkyl halides is 3. The quantitative estimate of drug-likeness (QED) is 0.914. The lowest BCUT2D eigenvalue weighted by molar-refractivity contribution is -0.155. The zero-order valence-corrected chi connectivity index (χ0v) is 12.1. The molecule has 22 heavy (non-hydrogen) atoms. The van der Waals surface area contributed by atoms with Crippen LogP contribution >= 0.6 is 0 Å². The number of hydrogen-bond acceptors (Lipinski definition) is 2. The molecule has 0 aromatic carbocycles. The molecule has 0 spiro atoms. The fourth-order valence-electron chi connectivity index (χ4n) is 4.28. The fraction of sp³-hybridized carbons (Fsp3) is 0.562. The van der Waals surface area contributed by atoms with Crippen molar-refractivity contribution in [2.75, 3.05) is 6.54 Å². The van der Waals surface area contributed by atoms with E-state index in [0.717, 1.165) is 36.7 Å². The highest BCUT2D eigenvalue weighted by Crippen LogP contribution is 2.45. The van der Waals surface area contributed by atoms with Crippen LogP contribution in [0.3, 0.4) is 0 Å². The van der Waals surface area contributed by atoms with Gasteiger partial charge >= 0.3 is 6.18 Å². The van der Waals surface area contributed by atoms with Gasteiger partial charge in [-0.3, -0.25) is 9.88 Å². The first-order valence-corrected chi connectivity index (χ1v) is 7.76. The first-order chi connectivity index (χ1) is 10.5. The second-order valence-corrected chi connectivity index (χ2v) is 6.48. The van der Waals surface area contributed by atoms with Gasteiger partial charge in [0.05, 0.1) is 17.6 Å². The number of halogens is 3. The average molecular weight is 309 g/mol. The standard InChI is InChI=1S/C16H18F3N3/c17-16(18,19)9-22-11-3-4-12(22)7-10(6-11)13-8-21-14-2-1-5-20-15(13)14/h1-2,5,8,10-12,21H,3-4,6-7,9H2. The highest BCUT2D eigenvalue weighted by atomic mass is 19.4. The maximum absolute atomic E-state index is 12.7.